The Bertz CT molecular complexity index is 700. The van der Waals surface area contributed by atoms with Gasteiger partial charge in [-0.05, 0) is 25.7 Å². The van der Waals surface area contributed by atoms with Gasteiger partial charge in [0.25, 0.3) is 5.56 Å². The van der Waals surface area contributed by atoms with E-state index in [0.717, 1.165) is 23.8 Å². The van der Waals surface area contributed by atoms with Crippen LogP contribution >= 0.6 is 0 Å². The molecule has 2 heterocycles. The summed E-state index contributed by atoms with van der Waals surface area (Å²) in [5.41, 5.74) is -2.13. The van der Waals surface area contributed by atoms with Crippen LogP contribution in [0.5, 0.6) is 0 Å². The Morgan fingerprint density at radius 2 is 2.04 bits per heavy atom. The summed E-state index contributed by atoms with van der Waals surface area (Å²) in [5.74, 6) is -1.82. The van der Waals surface area contributed by atoms with E-state index in [9.17, 15) is 18.8 Å². The third-order valence-corrected chi connectivity index (χ3v) is 4.34. The minimum Gasteiger partial charge on any atom is -0.459 e. The van der Waals surface area contributed by atoms with Crippen LogP contribution < -0.4 is 11.2 Å². The van der Waals surface area contributed by atoms with Crippen molar-refractivity contribution < 1.29 is 18.7 Å². The molecule has 1 atom stereocenters. The summed E-state index contributed by atoms with van der Waals surface area (Å²) in [4.78, 5) is 37.9. The van der Waals surface area contributed by atoms with Gasteiger partial charge in [0, 0.05) is 6.61 Å². The smallest absolute Gasteiger partial charge is 0.330 e. The number of rotatable bonds is 8. The monoisotopic (exact) mass is 356 g/mol. The maximum absolute atomic E-state index is 14.3. The van der Waals surface area contributed by atoms with Crippen molar-refractivity contribution in [2.75, 3.05) is 6.61 Å². The van der Waals surface area contributed by atoms with Crippen LogP contribution in [-0.4, -0.2) is 22.1 Å². The van der Waals surface area contributed by atoms with E-state index in [1.54, 1.807) is 0 Å². The van der Waals surface area contributed by atoms with E-state index in [4.69, 9.17) is 9.47 Å². The first-order valence-electron chi connectivity index (χ1n) is 8.81. The van der Waals surface area contributed by atoms with Crippen molar-refractivity contribution in [2.24, 2.45) is 5.92 Å². The van der Waals surface area contributed by atoms with Gasteiger partial charge in [0.15, 0.2) is 0 Å². The van der Waals surface area contributed by atoms with E-state index in [1.807, 2.05) is 18.8 Å². The highest BCUT2D eigenvalue weighted by molar-refractivity contribution is 5.72. The zero-order chi connectivity index (χ0) is 18.4. The minimum absolute atomic E-state index is 0.249. The van der Waals surface area contributed by atoms with E-state index >= 15 is 0 Å². The number of hydrogen-bond donors (Lipinski definition) is 1. The lowest BCUT2D eigenvalue weighted by molar-refractivity contribution is -0.151. The first-order valence-corrected chi connectivity index (χ1v) is 8.81. The van der Waals surface area contributed by atoms with Crippen LogP contribution in [0.2, 0.25) is 0 Å². The summed E-state index contributed by atoms with van der Waals surface area (Å²) in [6.45, 7) is 3.93. The quantitative estimate of drug-likeness (QED) is 0.722. The molecule has 0 aliphatic carbocycles. The van der Waals surface area contributed by atoms with Gasteiger partial charge in [0.1, 0.15) is 18.5 Å². The van der Waals surface area contributed by atoms with Crippen LogP contribution in [0.1, 0.15) is 64.3 Å². The Labute approximate surface area is 145 Å². The molecule has 1 fully saturated rings. The lowest BCUT2D eigenvalue weighted by Gasteiger charge is -2.19. The summed E-state index contributed by atoms with van der Waals surface area (Å²) in [6.07, 6.45) is 3.63. The Morgan fingerprint density at radius 1 is 1.36 bits per heavy atom. The summed E-state index contributed by atoms with van der Waals surface area (Å²) < 4.78 is 26.0. The zero-order valence-corrected chi connectivity index (χ0v) is 14.7. The normalized spacial score (nSPS) is 17.2. The van der Waals surface area contributed by atoms with E-state index < -0.39 is 35.9 Å². The summed E-state index contributed by atoms with van der Waals surface area (Å²) >= 11 is 0. The van der Waals surface area contributed by atoms with Gasteiger partial charge >= 0.3 is 11.7 Å². The average molecular weight is 356 g/mol. The molecule has 1 saturated heterocycles. The molecule has 140 valence electrons. The van der Waals surface area contributed by atoms with Gasteiger partial charge in [0.05, 0.1) is 5.92 Å². The number of ether oxygens (including phenoxy) is 2. The molecular formula is C17H25FN2O5. The fraction of sp³-hybridized carbons (Fsp3) is 0.706. The highest BCUT2D eigenvalue weighted by atomic mass is 19.1. The second-order valence-electron chi connectivity index (χ2n) is 6.24. The van der Waals surface area contributed by atoms with E-state index in [1.165, 1.54) is 0 Å². The molecule has 25 heavy (non-hydrogen) atoms. The molecular weight excluding hydrogens is 331 g/mol. The van der Waals surface area contributed by atoms with Crippen molar-refractivity contribution >= 4 is 5.97 Å². The SMILES string of the molecule is CCCC(CCC)C(=O)OCc1c(F)c(=O)[nH]c(=O)n1C1CCCO1. The Hall–Kier alpha value is -1.96. The number of nitrogens with zero attached hydrogens (tertiary/aromatic N) is 1. The van der Waals surface area contributed by atoms with E-state index in [-0.39, 0.29) is 11.6 Å². The number of aromatic nitrogens is 2. The molecule has 0 saturated carbocycles. The molecule has 1 unspecified atom stereocenters. The molecule has 1 aromatic heterocycles. The molecule has 1 N–H and O–H groups in total. The Kier molecular flexibility index (Phi) is 6.92. The number of nitrogens with one attached hydrogen (secondary N) is 1. The standard InChI is InChI=1S/C17H25FN2O5/c1-3-6-11(7-4-2)16(22)25-10-12-14(18)15(21)19-17(23)20(12)13-8-5-9-24-13/h11,13H,3-10H2,1-2H3,(H,19,21,23). The largest absolute Gasteiger partial charge is 0.459 e. The molecule has 1 aromatic rings. The van der Waals surface area contributed by atoms with Crippen molar-refractivity contribution in [3.8, 4) is 0 Å². The zero-order valence-electron chi connectivity index (χ0n) is 14.7. The molecule has 0 radical (unpaired) electrons. The number of H-pyrrole nitrogens is 1. The predicted molar refractivity (Wildman–Crippen MR) is 88.6 cm³/mol. The highest BCUT2D eigenvalue weighted by Crippen LogP contribution is 2.23. The van der Waals surface area contributed by atoms with Crippen LogP contribution in [0.3, 0.4) is 0 Å². The molecule has 0 aromatic carbocycles. The van der Waals surface area contributed by atoms with Gasteiger partial charge in [-0.1, -0.05) is 26.7 Å². The van der Waals surface area contributed by atoms with Gasteiger partial charge in [-0.3, -0.25) is 19.1 Å². The molecule has 8 heteroatoms. The summed E-state index contributed by atoms with van der Waals surface area (Å²) in [7, 11) is 0. The van der Waals surface area contributed by atoms with Gasteiger partial charge in [0.2, 0.25) is 5.82 Å². The van der Waals surface area contributed by atoms with Crippen LogP contribution in [0.4, 0.5) is 4.39 Å². The van der Waals surface area contributed by atoms with Crippen LogP contribution in [0.15, 0.2) is 9.59 Å². The third kappa shape index (κ3) is 4.56. The van der Waals surface area contributed by atoms with Crippen molar-refractivity contribution in [1.29, 1.82) is 0 Å². The lowest BCUT2D eigenvalue weighted by Crippen LogP contribution is -2.38. The molecule has 2 rings (SSSR count). The maximum atomic E-state index is 14.3. The van der Waals surface area contributed by atoms with Crippen LogP contribution in [0.25, 0.3) is 0 Å². The van der Waals surface area contributed by atoms with Crippen LogP contribution in [0, 0.1) is 11.7 Å². The van der Waals surface area contributed by atoms with Gasteiger partial charge in [-0.2, -0.15) is 4.39 Å². The lowest BCUT2D eigenvalue weighted by atomic mass is 9.99. The van der Waals surface area contributed by atoms with E-state index in [0.29, 0.717) is 25.9 Å². The van der Waals surface area contributed by atoms with Gasteiger partial charge in [-0.15, -0.1) is 0 Å². The topological polar surface area (TPSA) is 90.4 Å². The molecule has 0 amide bonds. The number of carbonyl (C=O) groups is 1. The second-order valence-corrected chi connectivity index (χ2v) is 6.24. The Morgan fingerprint density at radius 3 is 2.60 bits per heavy atom. The van der Waals surface area contributed by atoms with Crippen molar-refractivity contribution in [1.82, 2.24) is 9.55 Å². The number of aromatic amines is 1. The molecule has 1 aliphatic rings. The molecule has 7 nitrogen and oxygen atoms in total. The number of hydrogen-bond acceptors (Lipinski definition) is 5. The highest BCUT2D eigenvalue weighted by Gasteiger charge is 2.26. The second kappa shape index (κ2) is 8.94. The Balaban J connectivity index is 2.24. The fourth-order valence-corrected chi connectivity index (χ4v) is 3.11. The molecule has 0 bridgehead atoms. The van der Waals surface area contributed by atoms with E-state index in [2.05, 4.69) is 0 Å². The first-order chi connectivity index (χ1) is 12.0. The number of esters is 1. The number of carbonyl (C=O) groups excluding carboxylic acids is 1. The van der Waals surface area contributed by atoms with Gasteiger partial charge in [-0.25, -0.2) is 4.79 Å². The molecule has 1 aliphatic heterocycles. The van der Waals surface area contributed by atoms with Gasteiger partial charge < -0.3 is 9.47 Å². The maximum Gasteiger partial charge on any atom is 0.330 e. The van der Waals surface area contributed by atoms with Crippen LogP contribution in [-0.2, 0) is 20.9 Å². The first kappa shape index (κ1) is 19.4. The summed E-state index contributed by atoms with van der Waals surface area (Å²) in [6, 6.07) is 0. The molecule has 0 spiro atoms. The average Bonchev–Trinajstić information content (AvgIpc) is 3.10. The third-order valence-electron chi connectivity index (χ3n) is 4.34. The van der Waals surface area contributed by atoms with Crippen molar-refractivity contribution in [3.05, 3.63) is 32.3 Å². The summed E-state index contributed by atoms with van der Waals surface area (Å²) in [5, 5.41) is 0. The predicted octanol–water partition coefficient (Wildman–Crippen LogP) is 2.24. The number of halogens is 1. The minimum atomic E-state index is -1.12. The fourth-order valence-electron chi connectivity index (χ4n) is 3.11. The van der Waals surface area contributed by atoms with Crippen molar-refractivity contribution in [2.45, 2.75) is 65.2 Å². The van der Waals surface area contributed by atoms with Crippen molar-refractivity contribution in [3.63, 3.8) is 0 Å².